The van der Waals surface area contributed by atoms with Crippen molar-refractivity contribution in [3.63, 3.8) is 0 Å². The van der Waals surface area contributed by atoms with Crippen LogP contribution < -0.4 is 0 Å². The Morgan fingerprint density at radius 3 is 2.00 bits per heavy atom. The van der Waals surface area contributed by atoms with Crippen LogP contribution in [0.15, 0.2) is 10.2 Å². The Morgan fingerprint density at radius 2 is 1.88 bits per heavy atom. The smallest absolute Gasteiger partial charge is 0.159 e. The van der Waals surface area contributed by atoms with Crippen molar-refractivity contribution in [2.75, 3.05) is 0 Å². The second-order valence-electron chi connectivity index (χ2n) is 3.01. The van der Waals surface area contributed by atoms with E-state index in [1.807, 2.05) is 0 Å². The van der Waals surface area contributed by atoms with Crippen LogP contribution in [-0.2, 0) is 0 Å². The van der Waals surface area contributed by atoms with Crippen molar-refractivity contribution < 1.29 is 0 Å². The molecule has 0 saturated heterocycles. The average molecular weight is 112 g/mol. The first-order valence-corrected chi connectivity index (χ1v) is 3.06. The van der Waals surface area contributed by atoms with Crippen LogP contribution in [0.5, 0.6) is 0 Å². The first kappa shape index (κ1) is 5.73. The molecule has 0 unspecified atom stereocenters. The molecule has 0 atom stereocenters. The molecule has 8 heavy (non-hydrogen) atoms. The first-order valence-electron chi connectivity index (χ1n) is 3.06. The third-order valence-electron chi connectivity index (χ3n) is 1.24. The lowest BCUT2D eigenvalue weighted by molar-refractivity contribution is 0.479. The van der Waals surface area contributed by atoms with E-state index in [1.165, 1.54) is 0 Å². The molecule has 1 aliphatic rings. The average Bonchev–Trinajstić information content (AvgIpc) is 2.17. The minimum Gasteiger partial charge on any atom is -0.159 e. The molecular formula is C6H12N2. The van der Waals surface area contributed by atoms with E-state index >= 15 is 0 Å². The van der Waals surface area contributed by atoms with Gasteiger partial charge in [0.25, 0.3) is 0 Å². The summed E-state index contributed by atoms with van der Waals surface area (Å²) in [5.41, 5.74) is 0.0220. The second kappa shape index (κ2) is 1.54. The molecule has 2 nitrogen and oxygen atoms in total. The number of nitrogens with zero attached hydrogens (tertiary/aromatic N) is 2. The maximum Gasteiger partial charge on any atom is 0.188 e. The van der Waals surface area contributed by atoms with Crippen LogP contribution in [0, 0.1) is 5.92 Å². The van der Waals surface area contributed by atoms with Crippen molar-refractivity contribution in [2.45, 2.75) is 32.9 Å². The van der Waals surface area contributed by atoms with E-state index in [2.05, 4.69) is 31.0 Å². The lowest BCUT2D eigenvalue weighted by Gasteiger charge is -2.04. The first-order chi connectivity index (χ1) is 3.62. The van der Waals surface area contributed by atoms with Gasteiger partial charge in [-0.05, 0) is 19.3 Å². The summed E-state index contributed by atoms with van der Waals surface area (Å²) in [6.07, 6.45) is 1.10. The molecule has 0 fully saturated rings. The Kier molecular flexibility index (Phi) is 1.10. The highest BCUT2D eigenvalue weighted by atomic mass is 15.4. The number of hydrogen-bond acceptors (Lipinski definition) is 2. The molecule has 0 spiro atoms. The van der Waals surface area contributed by atoms with Gasteiger partial charge in [-0.3, -0.25) is 0 Å². The van der Waals surface area contributed by atoms with Crippen molar-refractivity contribution in [3.8, 4) is 0 Å². The molecule has 1 aliphatic heterocycles. The molecular weight excluding hydrogens is 100 g/mol. The Hall–Kier alpha value is -0.400. The predicted octanol–water partition coefficient (Wildman–Crippen LogP) is 2.21. The van der Waals surface area contributed by atoms with Gasteiger partial charge in [0, 0.05) is 0 Å². The summed E-state index contributed by atoms with van der Waals surface area (Å²) in [6.45, 7) is 6.44. The summed E-state index contributed by atoms with van der Waals surface area (Å²) < 4.78 is 0. The van der Waals surface area contributed by atoms with Crippen LogP contribution in [-0.4, -0.2) is 5.66 Å². The molecule has 0 bridgehead atoms. The Balaban J connectivity index is 2.20. The van der Waals surface area contributed by atoms with Gasteiger partial charge in [0.15, 0.2) is 5.66 Å². The molecule has 0 aromatic heterocycles. The van der Waals surface area contributed by atoms with E-state index in [0.717, 1.165) is 12.3 Å². The van der Waals surface area contributed by atoms with E-state index in [0.29, 0.717) is 0 Å². The van der Waals surface area contributed by atoms with E-state index in [-0.39, 0.29) is 5.66 Å². The normalized spacial score (nSPS) is 22.0. The predicted molar refractivity (Wildman–Crippen MR) is 32.7 cm³/mol. The van der Waals surface area contributed by atoms with Gasteiger partial charge >= 0.3 is 0 Å². The van der Waals surface area contributed by atoms with Gasteiger partial charge < -0.3 is 0 Å². The maximum atomic E-state index is 3.90. The standard InChI is InChI=1S/C6H12N2/c1-5(2)4-6(3)7-8-6/h5H,4H2,1-3H3. The summed E-state index contributed by atoms with van der Waals surface area (Å²) >= 11 is 0. The highest BCUT2D eigenvalue weighted by Gasteiger charge is 2.33. The fraction of sp³-hybridized carbons (Fsp3) is 1.00. The largest absolute Gasteiger partial charge is 0.188 e. The SMILES string of the molecule is CC(C)CC1(C)N=N1. The topological polar surface area (TPSA) is 24.7 Å². The molecule has 0 saturated carbocycles. The highest BCUT2D eigenvalue weighted by Crippen LogP contribution is 2.33. The molecule has 0 N–H and O–H groups in total. The number of hydrogen-bond donors (Lipinski definition) is 0. The number of rotatable bonds is 2. The summed E-state index contributed by atoms with van der Waals surface area (Å²) in [4.78, 5) is 0. The minimum absolute atomic E-state index is 0.0220. The second-order valence-corrected chi connectivity index (χ2v) is 3.01. The molecule has 0 aromatic rings. The van der Waals surface area contributed by atoms with Crippen molar-refractivity contribution in [3.05, 3.63) is 0 Å². The van der Waals surface area contributed by atoms with Gasteiger partial charge in [-0.1, -0.05) is 13.8 Å². The summed E-state index contributed by atoms with van der Waals surface area (Å²) in [7, 11) is 0. The summed E-state index contributed by atoms with van der Waals surface area (Å²) in [5.74, 6) is 0.718. The Bertz CT molecular complexity index is 110. The third-order valence-corrected chi connectivity index (χ3v) is 1.24. The van der Waals surface area contributed by atoms with Crippen LogP contribution in [0.2, 0.25) is 0 Å². The van der Waals surface area contributed by atoms with Gasteiger partial charge in [-0.25, -0.2) is 0 Å². The zero-order valence-electron chi connectivity index (χ0n) is 5.68. The molecule has 0 amide bonds. The maximum absolute atomic E-state index is 3.90. The fourth-order valence-corrected chi connectivity index (χ4v) is 0.940. The molecule has 46 valence electrons. The highest BCUT2D eigenvalue weighted by molar-refractivity contribution is 4.88. The van der Waals surface area contributed by atoms with Crippen LogP contribution in [0.1, 0.15) is 27.2 Å². The van der Waals surface area contributed by atoms with Crippen molar-refractivity contribution in [2.24, 2.45) is 16.1 Å². The van der Waals surface area contributed by atoms with E-state index in [9.17, 15) is 0 Å². The van der Waals surface area contributed by atoms with Crippen LogP contribution in [0.3, 0.4) is 0 Å². The van der Waals surface area contributed by atoms with Crippen LogP contribution in [0.4, 0.5) is 0 Å². The fourth-order valence-electron chi connectivity index (χ4n) is 0.940. The Morgan fingerprint density at radius 1 is 1.38 bits per heavy atom. The van der Waals surface area contributed by atoms with Crippen molar-refractivity contribution in [1.29, 1.82) is 0 Å². The lowest BCUT2D eigenvalue weighted by Crippen LogP contribution is -2.07. The zero-order valence-corrected chi connectivity index (χ0v) is 5.68. The molecule has 1 heterocycles. The lowest BCUT2D eigenvalue weighted by atomic mass is 10.0. The van der Waals surface area contributed by atoms with Crippen molar-refractivity contribution >= 4 is 0 Å². The quantitative estimate of drug-likeness (QED) is 0.523. The van der Waals surface area contributed by atoms with Gasteiger partial charge in [0.2, 0.25) is 0 Å². The summed E-state index contributed by atoms with van der Waals surface area (Å²) in [6, 6.07) is 0. The molecule has 0 radical (unpaired) electrons. The van der Waals surface area contributed by atoms with E-state index in [1.54, 1.807) is 0 Å². The van der Waals surface area contributed by atoms with Gasteiger partial charge in [0.05, 0.1) is 0 Å². The van der Waals surface area contributed by atoms with Gasteiger partial charge in [-0.2, -0.15) is 10.2 Å². The van der Waals surface area contributed by atoms with Crippen molar-refractivity contribution in [1.82, 2.24) is 0 Å². The molecule has 0 aromatic carbocycles. The van der Waals surface area contributed by atoms with E-state index in [4.69, 9.17) is 0 Å². The zero-order chi connectivity index (χ0) is 6.20. The summed E-state index contributed by atoms with van der Waals surface area (Å²) in [5, 5.41) is 7.80. The molecule has 1 rings (SSSR count). The minimum atomic E-state index is 0.0220. The monoisotopic (exact) mass is 112 g/mol. The molecule has 2 heteroatoms. The van der Waals surface area contributed by atoms with Gasteiger partial charge in [0.1, 0.15) is 0 Å². The Labute approximate surface area is 50.0 Å². The van der Waals surface area contributed by atoms with E-state index < -0.39 is 0 Å². The van der Waals surface area contributed by atoms with Crippen LogP contribution in [0.25, 0.3) is 0 Å². The van der Waals surface area contributed by atoms with Gasteiger partial charge in [-0.15, -0.1) is 0 Å². The third kappa shape index (κ3) is 1.29. The molecule has 0 aliphatic carbocycles. The van der Waals surface area contributed by atoms with Crippen LogP contribution >= 0.6 is 0 Å².